The highest BCUT2D eigenvalue weighted by Crippen LogP contribution is 2.30. The fourth-order valence-corrected chi connectivity index (χ4v) is 3.36. The molecule has 2 aromatic carbocycles. The first kappa shape index (κ1) is 15.8. The number of benzene rings is 2. The molecule has 0 heterocycles. The smallest absolute Gasteiger partial charge is 0.264 e. The van der Waals surface area contributed by atoms with Crippen molar-refractivity contribution in [2.45, 2.75) is 11.8 Å². The highest BCUT2D eigenvalue weighted by molar-refractivity contribution is 9.10. The van der Waals surface area contributed by atoms with E-state index in [1.54, 1.807) is 25.1 Å². The zero-order valence-electron chi connectivity index (χ0n) is 11.4. The predicted molar refractivity (Wildman–Crippen MR) is 82.6 cm³/mol. The quantitative estimate of drug-likeness (QED) is 0.888. The van der Waals surface area contributed by atoms with Gasteiger partial charge < -0.3 is 4.74 Å². The van der Waals surface area contributed by atoms with E-state index < -0.39 is 20.7 Å². The van der Waals surface area contributed by atoms with Crippen LogP contribution < -0.4 is 9.46 Å². The Morgan fingerprint density at radius 3 is 2.57 bits per heavy atom. The van der Waals surface area contributed by atoms with Crippen LogP contribution in [0.4, 0.5) is 10.1 Å². The minimum atomic E-state index is -4.04. The Morgan fingerprint density at radius 1 is 1.19 bits per heavy atom. The number of aryl methyl sites for hydroxylation is 1. The van der Waals surface area contributed by atoms with Crippen LogP contribution in [-0.2, 0) is 10.0 Å². The molecule has 0 fully saturated rings. The number of halogens is 2. The standard InChI is InChI=1S/C14H13BrFNO3S/c1-9-3-5-11(16)14(7-9)21(18,19)17-12-8-10(15)4-6-13(12)20-2/h3-8,17H,1-2H3. The molecule has 0 amide bonds. The lowest BCUT2D eigenvalue weighted by molar-refractivity contribution is 0.417. The normalized spacial score (nSPS) is 11.2. The third-order valence-electron chi connectivity index (χ3n) is 2.78. The molecule has 0 atom stereocenters. The molecule has 7 heteroatoms. The fourth-order valence-electron chi connectivity index (χ4n) is 1.78. The van der Waals surface area contributed by atoms with E-state index in [1.807, 2.05) is 0 Å². The lowest BCUT2D eigenvalue weighted by Crippen LogP contribution is -2.15. The third-order valence-corrected chi connectivity index (χ3v) is 4.66. The lowest BCUT2D eigenvalue weighted by atomic mass is 10.2. The van der Waals surface area contributed by atoms with Crippen LogP contribution >= 0.6 is 15.9 Å². The summed E-state index contributed by atoms with van der Waals surface area (Å²) in [6.45, 7) is 1.69. The predicted octanol–water partition coefficient (Wildman–Crippen LogP) is 3.71. The van der Waals surface area contributed by atoms with Gasteiger partial charge in [0.2, 0.25) is 0 Å². The van der Waals surface area contributed by atoms with Gasteiger partial charge in [0.15, 0.2) is 0 Å². The van der Waals surface area contributed by atoms with Crippen molar-refractivity contribution in [2.75, 3.05) is 11.8 Å². The summed E-state index contributed by atoms with van der Waals surface area (Å²) < 4.78 is 46.5. The van der Waals surface area contributed by atoms with Gasteiger partial charge in [-0.1, -0.05) is 22.0 Å². The van der Waals surface area contributed by atoms with Crippen molar-refractivity contribution in [2.24, 2.45) is 0 Å². The number of hydrogen-bond acceptors (Lipinski definition) is 3. The molecule has 0 bridgehead atoms. The highest BCUT2D eigenvalue weighted by Gasteiger charge is 2.21. The van der Waals surface area contributed by atoms with Crippen LogP contribution in [0.3, 0.4) is 0 Å². The highest BCUT2D eigenvalue weighted by atomic mass is 79.9. The second kappa shape index (κ2) is 6.03. The Hall–Kier alpha value is -1.60. The van der Waals surface area contributed by atoms with Gasteiger partial charge in [-0.15, -0.1) is 0 Å². The van der Waals surface area contributed by atoms with Gasteiger partial charge in [0.25, 0.3) is 10.0 Å². The summed E-state index contributed by atoms with van der Waals surface area (Å²) in [6, 6.07) is 8.78. The number of methoxy groups -OCH3 is 1. The van der Waals surface area contributed by atoms with Crippen LogP contribution in [0.15, 0.2) is 45.8 Å². The van der Waals surface area contributed by atoms with E-state index in [2.05, 4.69) is 20.7 Å². The van der Waals surface area contributed by atoms with E-state index >= 15 is 0 Å². The zero-order valence-corrected chi connectivity index (χ0v) is 13.8. The fraction of sp³-hybridized carbons (Fsp3) is 0.143. The van der Waals surface area contributed by atoms with Gasteiger partial charge in [-0.2, -0.15) is 0 Å². The first-order valence-corrected chi connectivity index (χ1v) is 8.23. The Bertz CT molecular complexity index is 778. The van der Waals surface area contributed by atoms with Gasteiger partial charge in [0.05, 0.1) is 12.8 Å². The average molecular weight is 374 g/mol. The summed E-state index contributed by atoms with van der Waals surface area (Å²) in [6.07, 6.45) is 0. The molecule has 0 spiro atoms. The third kappa shape index (κ3) is 3.54. The van der Waals surface area contributed by atoms with Crippen LogP contribution in [0.2, 0.25) is 0 Å². The van der Waals surface area contributed by atoms with Crippen LogP contribution in [0.5, 0.6) is 5.75 Å². The molecule has 0 saturated heterocycles. The number of rotatable bonds is 4. The van der Waals surface area contributed by atoms with Gasteiger partial charge in [-0.05, 0) is 42.8 Å². The summed E-state index contributed by atoms with van der Waals surface area (Å²) in [7, 11) is -2.62. The zero-order chi connectivity index (χ0) is 15.6. The van der Waals surface area contributed by atoms with Crippen molar-refractivity contribution in [1.29, 1.82) is 0 Å². The van der Waals surface area contributed by atoms with E-state index in [-0.39, 0.29) is 5.69 Å². The molecule has 112 valence electrons. The Balaban J connectivity index is 2.47. The molecule has 0 aliphatic rings. The largest absolute Gasteiger partial charge is 0.495 e. The maximum atomic E-state index is 13.8. The summed E-state index contributed by atoms with van der Waals surface area (Å²) >= 11 is 3.25. The van der Waals surface area contributed by atoms with E-state index in [4.69, 9.17) is 4.74 Å². The molecule has 2 rings (SSSR count). The van der Waals surface area contributed by atoms with Gasteiger partial charge >= 0.3 is 0 Å². The monoisotopic (exact) mass is 373 g/mol. The molecule has 4 nitrogen and oxygen atoms in total. The van der Waals surface area contributed by atoms with Crippen molar-refractivity contribution in [1.82, 2.24) is 0 Å². The van der Waals surface area contributed by atoms with Crippen LogP contribution in [0, 0.1) is 12.7 Å². The minimum Gasteiger partial charge on any atom is -0.495 e. The van der Waals surface area contributed by atoms with Crippen molar-refractivity contribution < 1.29 is 17.5 Å². The Kier molecular flexibility index (Phi) is 4.53. The van der Waals surface area contributed by atoms with E-state index in [0.717, 1.165) is 6.07 Å². The molecular weight excluding hydrogens is 361 g/mol. The number of hydrogen-bond donors (Lipinski definition) is 1. The molecule has 21 heavy (non-hydrogen) atoms. The van der Waals surface area contributed by atoms with Crippen LogP contribution in [0.25, 0.3) is 0 Å². The second-order valence-electron chi connectivity index (χ2n) is 4.38. The van der Waals surface area contributed by atoms with Gasteiger partial charge in [0.1, 0.15) is 16.5 Å². The molecule has 0 radical (unpaired) electrons. The Labute approximate surface area is 131 Å². The second-order valence-corrected chi connectivity index (χ2v) is 6.95. The minimum absolute atomic E-state index is 0.229. The van der Waals surface area contributed by atoms with E-state index in [1.165, 1.54) is 19.2 Å². The SMILES string of the molecule is COc1ccc(Br)cc1NS(=O)(=O)c1cc(C)ccc1F. The van der Waals surface area contributed by atoms with Crippen molar-refractivity contribution in [3.63, 3.8) is 0 Å². The summed E-state index contributed by atoms with van der Waals surface area (Å²) in [5.74, 6) is -0.461. The van der Waals surface area contributed by atoms with Crippen molar-refractivity contribution in [3.05, 3.63) is 52.3 Å². The molecule has 2 aromatic rings. The number of ether oxygens (including phenoxy) is 1. The average Bonchev–Trinajstić information content (AvgIpc) is 2.41. The van der Waals surface area contributed by atoms with Gasteiger partial charge in [-0.3, -0.25) is 4.72 Å². The lowest BCUT2D eigenvalue weighted by Gasteiger charge is -2.13. The summed E-state index contributed by atoms with van der Waals surface area (Å²) in [4.78, 5) is -0.399. The Morgan fingerprint density at radius 2 is 1.90 bits per heavy atom. The summed E-state index contributed by atoms with van der Waals surface area (Å²) in [5, 5.41) is 0. The molecular formula is C14H13BrFNO3S. The maximum Gasteiger partial charge on any atom is 0.264 e. The summed E-state index contributed by atoms with van der Waals surface area (Å²) in [5.41, 5.74) is 0.880. The molecule has 0 saturated carbocycles. The topological polar surface area (TPSA) is 55.4 Å². The number of nitrogens with one attached hydrogen (secondary N) is 1. The molecule has 0 aliphatic heterocycles. The van der Waals surface area contributed by atoms with Gasteiger partial charge in [0, 0.05) is 4.47 Å². The van der Waals surface area contributed by atoms with E-state index in [0.29, 0.717) is 15.8 Å². The first-order valence-electron chi connectivity index (χ1n) is 5.96. The van der Waals surface area contributed by atoms with Gasteiger partial charge in [-0.25, -0.2) is 12.8 Å². The van der Waals surface area contributed by atoms with Crippen molar-refractivity contribution >= 4 is 31.6 Å². The number of sulfonamides is 1. The maximum absolute atomic E-state index is 13.8. The van der Waals surface area contributed by atoms with E-state index in [9.17, 15) is 12.8 Å². The number of anilines is 1. The molecule has 0 unspecified atom stereocenters. The first-order chi connectivity index (χ1) is 9.83. The molecule has 0 aliphatic carbocycles. The van der Waals surface area contributed by atoms with Crippen LogP contribution in [0.1, 0.15) is 5.56 Å². The molecule has 1 N–H and O–H groups in total. The molecule has 0 aromatic heterocycles. The van der Waals surface area contributed by atoms with Crippen molar-refractivity contribution in [3.8, 4) is 5.75 Å². The van der Waals surface area contributed by atoms with Crippen LogP contribution in [-0.4, -0.2) is 15.5 Å².